The van der Waals surface area contributed by atoms with Gasteiger partial charge in [0.25, 0.3) is 0 Å². The molecule has 1 amide bonds. The summed E-state index contributed by atoms with van der Waals surface area (Å²) in [7, 11) is -3.81. The van der Waals surface area contributed by atoms with Gasteiger partial charge in [0.1, 0.15) is 5.75 Å². The Kier molecular flexibility index (Phi) is 4.71. The molecular formula is C18H24N4O4S. The van der Waals surface area contributed by atoms with Crippen LogP contribution in [0.1, 0.15) is 37.7 Å². The van der Waals surface area contributed by atoms with E-state index in [0.717, 1.165) is 38.6 Å². The second kappa shape index (κ2) is 7.03. The summed E-state index contributed by atoms with van der Waals surface area (Å²) in [6.45, 7) is 1.99. The van der Waals surface area contributed by atoms with Crippen molar-refractivity contribution in [3.63, 3.8) is 0 Å². The molecule has 9 heteroatoms. The standard InChI is InChI=1S/C18H24N4O4S/c19-17-16-14(20-27(24,25)21-17)7-2-8-15(16)26-11-12-4-3-9-22(10-12)18(23)13-5-1-6-13/h2,7-8,12-13,20H,1,3-6,9-11H2,(H2,19,21)/t12-/m0/s1. The van der Waals surface area contributed by atoms with Crippen LogP contribution in [0.25, 0.3) is 0 Å². The number of hydrogen-bond donors (Lipinski definition) is 2. The quantitative estimate of drug-likeness (QED) is 0.806. The van der Waals surface area contributed by atoms with E-state index in [2.05, 4.69) is 9.12 Å². The molecule has 1 saturated heterocycles. The Morgan fingerprint density at radius 2 is 2.11 bits per heavy atom. The molecule has 3 N–H and O–H groups in total. The molecule has 0 aromatic heterocycles. The average Bonchev–Trinajstić information content (AvgIpc) is 2.57. The molecule has 1 aromatic rings. The van der Waals surface area contributed by atoms with Gasteiger partial charge < -0.3 is 15.4 Å². The normalized spacial score (nSPS) is 24.2. The van der Waals surface area contributed by atoms with Crippen LogP contribution in [0.5, 0.6) is 5.75 Å². The SMILES string of the molecule is NC1=NS(=O)(=O)Nc2cccc(OC[C@H]3CCCN(C(=O)C4CCC4)C3)c21. The highest BCUT2D eigenvalue weighted by Crippen LogP contribution is 2.32. The predicted molar refractivity (Wildman–Crippen MR) is 102 cm³/mol. The number of hydrogen-bond acceptors (Lipinski definition) is 5. The fraction of sp³-hybridized carbons (Fsp3) is 0.556. The van der Waals surface area contributed by atoms with Gasteiger partial charge in [-0.3, -0.25) is 9.52 Å². The molecule has 0 spiro atoms. The van der Waals surface area contributed by atoms with Crippen LogP contribution < -0.4 is 15.2 Å². The van der Waals surface area contributed by atoms with E-state index in [9.17, 15) is 13.2 Å². The lowest BCUT2D eigenvalue weighted by Crippen LogP contribution is -2.45. The number of anilines is 1. The summed E-state index contributed by atoms with van der Waals surface area (Å²) >= 11 is 0. The number of fused-ring (bicyclic) bond motifs is 1. The largest absolute Gasteiger partial charge is 0.492 e. The minimum Gasteiger partial charge on any atom is -0.492 e. The second-order valence-corrected chi connectivity index (χ2v) is 8.80. The van der Waals surface area contributed by atoms with Crippen molar-refractivity contribution in [2.75, 3.05) is 24.4 Å². The van der Waals surface area contributed by atoms with Gasteiger partial charge in [0.2, 0.25) is 5.91 Å². The third-order valence-corrected chi connectivity index (χ3v) is 6.41. The van der Waals surface area contributed by atoms with E-state index < -0.39 is 10.2 Å². The lowest BCUT2D eigenvalue weighted by Gasteiger charge is -2.37. The fourth-order valence-electron chi connectivity index (χ4n) is 3.86. The Bertz CT molecular complexity index is 879. The summed E-state index contributed by atoms with van der Waals surface area (Å²) in [6.07, 6.45) is 5.16. The van der Waals surface area contributed by atoms with Crippen LogP contribution in [0.4, 0.5) is 5.69 Å². The van der Waals surface area contributed by atoms with Crippen LogP contribution in [0.2, 0.25) is 0 Å². The minimum atomic E-state index is -3.81. The van der Waals surface area contributed by atoms with E-state index in [1.54, 1.807) is 18.2 Å². The van der Waals surface area contributed by atoms with Crippen molar-refractivity contribution in [1.29, 1.82) is 0 Å². The van der Waals surface area contributed by atoms with Crippen molar-refractivity contribution in [2.45, 2.75) is 32.1 Å². The van der Waals surface area contributed by atoms with Gasteiger partial charge in [0.15, 0.2) is 5.84 Å². The Hall–Kier alpha value is -2.29. The number of amidine groups is 1. The van der Waals surface area contributed by atoms with Crippen LogP contribution in [0.15, 0.2) is 22.6 Å². The first-order chi connectivity index (χ1) is 12.9. The summed E-state index contributed by atoms with van der Waals surface area (Å²) in [6, 6.07) is 5.09. The molecule has 1 aliphatic carbocycles. The highest BCUT2D eigenvalue weighted by atomic mass is 32.2. The monoisotopic (exact) mass is 392 g/mol. The number of ether oxygens (including phenoxy) is 1. The lowest BCUT2D eigenvalue weighted by molar-refractivity contribution is -0.140. The summed E-state index contributed by atoms with van der Waals surface area (Å²) in [5, 5.41) is 0. The molecule has 146 valence electrons. The number of piperidine rings is 1. The topological polar surface area (TPSA) is 114 Å². The maximum Gasteiger partial charge on any atom is 0.344 e. The molecule has 0 unspecified atom stereocenters. The van der Waals surface area contributed by atoms with Gasteiger partial charge in [-0.25, -0.2) is 0 Å². The molecule has 0 radical (unpaired) electrons. The van der Waals surface area contributed by atoms with E-state index in [1.165, 1.54) is 0 Å². The smallest absolute Gasteiger partial charge is 0.344 e. The van der Waals surface area contributed by atoms with Crippen molar-refractivity contribution >= 4 is 27.6 Å². The number of nitrogens with two attached hydrogens (primary N) is 1. The van der Waals surface area contributed by atoms with Crippen LogP contribution >= 0.6 is 0 Å². The van der Waals surface area contributed by atoms with Gasteiger partial charge in [0.05, 0.1) is 17.9 Å². The van der Waals surface area contributed by atoms with E-state index >= 15 is 0 Å². The van der Waals surface area contributed by atoms with Gasteiger partial charge in [-0.05, 0) is 37.8 Å². The molecule has 1 saturated carbocycles. The second-order valence-electron chi connectivity index (χ2n) is 7.46. The molecule has 2 heterocycles. The Labute approximate surface area is 159 Å². The maximum absolute atomic E-state index is 12.5. The third kappa shape index (κ3) is 3.73. The van der Waals surface area contributed by atoms with Gasteiger partial charge in [-0.2, -0.15) is 8.42 Å². The zero-order valence-corrected chi connectivity index (χ0v) is 15.9. The molecule has 1 aromatic carbocycles. The summed E-state index contributed by atoms with van der Waals surface area (Å²) in [4.78, 5) is 14.5. The molecule has 8 nitrogen and oxygen atoms in total. The maximum atomic E-state index is 12.5. The molecule has 27 heavy (non-hydrogen) atoms. The average molecular weight is 392 g/mol. The zero-order chi connectivity index (χ0) is 19.0. The number of carbonyl (C=O) groups excluding carboxylic acids is 1. The first kappa shape index (κ1) is 18.1. The first-order valence-corrected chi connectivity index (χ1v) is 10.8. The van der Waals surface area contributed by atoms with Crippen molar-refractivity contribution in [3.05, 3.63) is 23.8 Å². The molecule has 3 aliphatic rings. The third-order valence-electron chi connectivity index (χ3n) is 5.50. The molecular weight excluding hydrogens is 368 g/mol. The highest BCUT2D eigenvalue weighted by molar-refractivity contribution is 7.91. The number of carbonyl (C=O) groups is 1. The van der Waals surface area contributed by atoms with Gasteiger partial charge >= 0.3 is 10.2 Å². The van der Waals surface area contributed by atoms with Crippen LogP contribution in [0, 0.1) is 11.8 Å². The lowest BCUT2D eigenvalue weighted by atomic mass is 9.83. The van der Waals surface area contributed by atoms with Gasteiger partial charge in [0, 0.05) is 24.9 Å². The number of rotatable bonds is 4. The van der Waals surface area contributed by atoms with Crippen LogP contribution in [-0.4, -0.2) is 44.8 Å². The van der Waals surface area contributed by atoms with E-state index in [4.69, 9.17) is 10.5 Å². The molecule has 4 rings (SSSR count). The van der Waals surface area contributed by atoms with Gasteiger partial charge in [-0.1, -0.05) is 12.5 Å². The number of nitrogens with one attached hydrogen (secondary N) is 1. The predicted octanol–water partition coefficient (Wildman–Crippen LogP) is 1.48. The number of likely N-dealkylation sites (tertiary alicyclic amines) is 1. The summed E-state index contributed by atoms with van der Waals surface area (Å²) < 4.78 is 35.2. The van der Waals surface area contributed by atoms with Crippen molar-refractivity contribution in [2.24, 2.45) is 22.0 Å². The Balaban J connectivity index is 1.43. The van der Waals surface area contributed by atoms with E-state index in [1.807, 2.05) is 4.90 Å². The molecule has 1 atom stereocenters. The molecule has 0 bridgehead atoms. The minimum absolute atomic E-state index is 0.0789. The Morgan fingerprint density at radius 1 is 1.30 bits per heavy atom. The van der Waals surface area contributed by atoms with Crippen molar-refractivity contribution in [3.8, 4) is 5.75 Å². The number of amides is 1. The summed E-state index contributed by atoms with van der Waals surface area (Å²) in [5.41, 5.74) is 6.68. The first-order valence-electron chi connectivity index (χ1n) is 9.36. The van der Waals surface area contributed by atoms with Crippen molar-refractivity contribution < 1.29 is 17.9 Å². The Morgan fingerprint density at radius 3 is 2.85 bits per heavy atom. The fourth-order valence-corrected chi connectivity index (χ4v) is 4.70. The zero-order valence-electron chi connectivity index (χ0n) is 15.1. The number of benzene rings is 1. The molecule has 2 fully saturated rings. The number of nitrogens with zero attached hydrogens (tertiary/aromatic N) is 2. The summed E-state index contributed by atoms with van der Waals surface area (Å²) in [5.74, 6) is 1.17. The molecule has 2 aliphatic heterocycles. The van der Waals surface area contributed by atoms with Crippen LogP contribution in [-0.2, 0) is 15.0 Å². The van der Waals surface area contributed by atoms with Crippen LogP contribution in [0.3, 0.4) is 0 Å². The highest BCUT2D eigenvalue weighted by Gasteiger charge is 2.32. The van der Waals surface area contributed by atoms with E-state index in [0.29, 0.717) is 30.2 Å². The van der Waals surface area contributed by atoms with Gasteiger partial charge in [-0.15, -0.1) is 4.40 Å². The van der Waals surface area contributed by atoms with E-state index in [-0.39, 0.29) is 23.6 Å². The van der Waals surface area contributed by atoms with Crippen molar-refractivity contribution in [1.82, 2.24) is 4.90 Å².